The molecule has 1 fully saturated rings. The van der Waals surface area contributed by atoms with Gasteiger partial charge in [0.1, 0.15) is 5.82 Å². The summed E-state index contributed by atoms with van der Waals surface area (Å²) >= 11 is 0. The number of benzene rings is 1. The number of nitrogens with one attached hydrogen (secondary N) is 1. The number of hydrogen-bond acceptors (Lipinski definition) is 4. The number of nitrogens with zero attached hydrogens (tertiary/aromatic N) is 2. The van der Waals surface area contributed by atoms with Crippen LogP contribution in [0, 0.1) is 18.2 Å². The van der Waals surface area contributed by atoms with E-state index in [2.05, 4.69) is 19.2 Å². The van der Waals surface area contributed by atoms with Gasteiger partial charge < -0.3 is 16.2 Å². The standard InChI is InChI=1S/C23H31FN4O2/c1-13-17-8-9-23(2,3)12-20(17)28(27-13)15-10-18(24)21(22(25)30)19(11-15)26-14-4-6-16(29)7-5-14/h10-11,14,16,26,29H,4-9,12H2,1-3H3,(H2,25,30)/t14-,16+. The number of carbonyl (C=O) groups is 1. The number of aromatic nitrogens is 2. The Morgan fingerprint density at radius 1 is 1.30 bits per heavy atom. The molecule has 0 radical (unpaired) electrons. The first-order valence-electron chi connectivity index (χ1n) is 10.8. The molecule has 0 unspecified atom stereocenters. The fourth-order valence-electron chi connectivity index (χ4n) is 4.85. The molecule has 4 N–H and O–H groups in total. The fraction of sp³-hybridized carbons (Fsp3) is 0.565. The number of primary amides is 1. The van der Waals surface area contributed by atoms with E-state index in [-0.39, 0.29) is 23.1 Å². The third kappa shape index (κ3) is 3.95. The van der Waals surface area contributed by atoms with E-state index >= 15 is 4.39 Å². The molecular weight excluding hydrogens is 383 g/mol. The van der Waals surface area contributed by atoms with Crippen molar-refractivity contribution in [2.45, 2.75) is 77.9 Å². The summed E-state index contributed by atoms with van der Waals surface area (Å²) in [6, 6.07) is 3.19. The van der Waals surface area contributed by atoms with Crippen molar-refractivity contribution < 1.29 is 14.3 Å². The summed E-state index contributed by atoms with van der Waals surface area (Å²) in [6.45, 7) is 6.47. The maximum atomic E-state index is 15.0. The molecular formula is C23H31FN4O2. The van der Waals surface area contributed by atoms with Crippen LogP contribution in [0.5, 0.6) is 0 Å². The van der Waals surface area contributed by atoms with Crippen LogP contribution < -0.4 is 11.1 Å². The number of hydrogen-bond donors (Lipinski definition) is 3. The van der Waals surface area contributed by atoms with Gasteiger partial charge in [-0.25, -0.2) is 9.07 Å². The van der Waals surface area contributed by atoms with Crippen molar-refractivity contribution in [1.82, 2.24) is 9.78 Å². The zero-order valence-electron chi connectivity index (χ0n) is 18.0. The van der Waals surface area contributed by atoms with Gasteiger partial charge in [0.05, 0.1) is 28.7 Å². The number of amides is 1. The van der Waals surface area contributed by atoms with E-state index in [4.69, 9.17) is 10.8 Å². The lowest BCUT2D eigenvalue weighted by molar-refractivity contribution is 0.0996. The highest BCUT2D eigenvalue weighted by Gasteiger charge is 2.31. The number of nitrogens with two attached hydrogens (primary N) is 1. The minimum Gasteiger partial charge on any atom is -0.393 e. The quantitative estimate of drug-likeness (QED) is 0.712. The Bertz CT molecular complexity index is 974. The van der Waals surface area contributed by atoms with Crippen molar-refractivity contribution >= 4 is 11.6 Å². The van der Waals surface area contributed by atoms with E-state index in [9.17, 15) is 9.90 Å². The van der Waals surface area contributed by atoms with Gasteiger partial charge in [-0.2, -0.15) is 5.10 Å². The van der Waals surface area contributed by atoms with Crippen molar-refractivity contribution in [3.05, 3.63) is 40.5 Å². The molecule has 1 aromatic carbocycles. The molecule has 2 aromatic rings. The van der Waals surface area contributed by atoms with Gasteiger partial charge in [-0.05, 0) is 68.9 Å². The Hall–Kier alpha value is -2.41. The molecule has 4 rings (SSSR count). The SMILES string of the molecule is Cc1nn(-c2cc(F)c(C(N)=O)c(N[C@H]3CC[C@@H](O)CC3)c2)c2c1CCC(C)(C)C2. The van der Waals surface area contributed by atoms with E-state index in [1.165, 1.54) is 11.6 Å². The number of anilines is 1. The van der Waals surface area contributed by atoms with E-state index < -0.39 is 11.7 Å². The molecule has 162 valence electrons. The van der Waals surface area contributed by atoms with E-state index in [1.54, 1.807) is 6.07 Å². The van der Waals surface area contributed by atoms with Crippen molar-refractivity contribution in [3.63, 3.8) is 0 Å². The molecule has 6 nitrogen and oxygen atoms in total. The van der Waals surface area contributed by atoms with Gasteiger partial charge in [0.25, 0.3) is 5.91 Å². The van der Waals surface area contributed by atoms with E-state index in [1.807, 2.05) is 11.6 Å². The molecule has 0 atom stereocenters. The Morgan fingerprint density at radius 3 is 2.67 bits per heavy atom. The molecule has 0 bridgehead atoms. The molecule has 1 heterocycles. The maximum Gasteiger partial charge on any atom is 0.253 e. The smallest absolute Gasteiger partial charge is 0.253 e. The van der Waals surface area contributed by atoms with Crippen LogP contribution in [0.3, 0.4) is 0 Å². The Morgan fingerprint density at radius 2 is 2.00 bits per heavy atom. The van der Waals surface area contributed by atoms with Crippen LogP contribution in [-0.4, -0.2) is 32.9 Å². The zero-order chi connectivity index (χ0) is 21.6. The summed E-state index contributed by atoms with van der Waals surface area (Å²) in [5.41, 5.74) is 9.85. The van der Waals surface area contributed by atoms with Crippen LogP contribution in [0.2, 0.25) is 0 Å². The van der Waals surface area contributed by atoms with Gasteiger partial charge >= 0.3 is 0 Å². The molecule has 1 amide bonds. The van der Waals surface area contributed by atoms with Gasteiger partial charge in [0, 0.05) is 17.8 Å². The number of rotatable bonds is 4. The summed E-state index contributed by atoms with van der Waals surface area (Å²) in [5.74, 6) is -1.44. The molecule has 1 saturated carbocycles. The maximum absolute atomic E-state index is 15.0. The molecule has 0 aliphatic heterocycles. The summed E-state index contributed by atoms with van der Waals surface area (Å²) in [6.07, 6.45) is 5.53. The summed E-state index contributed by atoms with van der Waals surface area (Å²) < 4.78 is 16.9. The number of aryl methyl sites for hydroxylation is 1. The lowest BCUT2D eigenvalue weighted by Crippen LogP contribution is -2.30. The molecule has 2 aliphatic rings. The number of aliphatic hydroxyl groups excluding tert-OH is 1. The van der Waals surface area contributed by atoms with Gasteiger partial charge in [0.2, 0.25) is 0 Å². The summed E-state index contributed by atoms with van der Waals surface area (Å²) in [4.78, 5) is 12.0. The second-order valence-corrected chi connectivity index (χ2v) is 9.63. The third-order valence-electron chi connectivity index (χ3n) is 6.61. The van der Waals surface area contributed by atoms with Crippen LogP contribution in [0.15, 0.2) is 12.1 Å². The molecule has 1 aromatic heterocycles. The largest absolute Gasteiger partial charge is 0.393 e. The second-order valence-electron chi connectivity index (χ2n) is 9.63. The zero-order valence-corrected chi connectivity index (χ0v) is 18.0. The predicted molar refractivity (Wildman–Crippen MR) is 114 cm³/mol. The first-order chi connectivity index (χ1) is 14.1. The number of carbonyl (C=O) groups excluding carboxylic acids is 1. The number of fused-ring (bicyclic) bond motifs is 1. The Balaban J connectivity index is 1.75. The van der Waals surface area contributed by atoms with Crippen LogP contribution in [-0.2, 0) is 12.8 Å². The highest BCUT2D eigenvalue weighted by Crippen LogP contribution is 2.37. The highest BCUT2D eigenvalue weighted by molar-refractivity contribution is 5.99. The third-order valence-corrected chi connectivity index (χ3v) is 6.61. The summed E-state index contributed by atoms with van der Waals surface area (Å²) in [5, 5.41) is 17.8. The monoisotopic (exact) mass is 414 g/mol. The van der Waals surface area contributed by atoms with Gasteiger partial charge in [0.15, 0.2) is 0 Å². The first kappa shape index (κ1) is 20.8. The van der Waals surface area contributed by atoms with Crippen molar-refractivity contribution in [3.8, 4) is 5.69 Å². The van der Waals surface area contributed by atoms with Gasteiger partial charge in [-0.1, -0.05) is 13.8 Å². The summed E-state index contributed by atoms with van der Waals surface area (Å²) in [7, 11) is 0. The number of halogens is 1. The fourth-order valence-corrected chi connectivity index (χ4v) is 4.85. The normalized spacial score (nSPS) is 23.1. The van der Waals surface area contributed by atoms with Crippen LogP contribution in [0.4, 0.5) is 10.1 Å². The lowest BCUT2D eigenvalue weighted by Gasteiger charge is -2.30. The second kappa shape index (κ2) is 7.69. The first-order valence-corrected chi connectivity index (χ1v) is 10.8. The minimum absolute atomic E-state index is 0.0633. The minimum atomic E-state index is -0.794. The van der Waals surface area contributed by atoms with E-state index in [0.717, 1.165) is 43.5 Å². The average molecular weight is 415 g/mol. The molecule has 30 heavy (non-hydrogen) atoms. The molecule has 0 saturated heterocycles. The van der Waals surface area contributed by atoms with Crippen LogP contribution >= 0.6 is 0 Å². The van der Waals surface area contributed by atoms with Crippen LogP contribution in [0.25, 0.3) is 5.69 Å². The van der Waals surface area contributed by atoms with Crippen molar-refractivity contribution in [2.75, 3.05) is 5.32 Å². The molecule has 7 heteroatoms. The van der Waals surface area contributed by atoms with Crippen molar-refractivity contribution in [2.24, 2.45) is 11.1 Å². The highest BCUT2D eigenvalue weighted by atomic mass is 19.1. The Labute approximate surface area is 176 Å². The van der Waals surface area contributed by atoms with E-state index in [0.29, 0.717) is 24.2 Å². The van der Waals surface area contributed by atoms with Crippen LogP contribution in [0.1, 0.15) is 73.3 Å². The Kier molecular flexibility index (Phi) is 5.34. The van der Waals surface area contributed by atoms with Gasteiger partial charge in [-0.3, -0.25) is 4.79 Å². The number of aliphatic hydroxyl groups is 1. The topological polar surface area (TPSA) is 93.2 Å². The average Bonchev–Trinajstić information content (AvgIpc) is 2.97. The molecule has 2 aliphatic carbocycles. The lowest BCUT2D eigenvalue weighted by atomic mass is 9.76. The van der Waals surface area contributed by atoms with Crippen molar-refractivity contribution in [1.29, 1.82) is 0 Å². The molecule has 0 spiro atoms. The predicted octanol–water partition coefficient (Wildman–Crippen LogP) is 3.65. The van der Waals surface area contributed by atoms with Gasteiger partial charge in [-0.15, -0.1) is 0 Å².